The van der Waals surface area contributed by atoms with Gasteiger partial charge in [-0.25, -0.2) is 13.2 Å². The van der Waals surface area contributed by atoms with Crippen LogP contribution in [0.3, 0.4) is 0 Å². The monoisotopic (exact) mass is 488 g/mol. The fraction of sp³-hybridized carbons (Fsp3) is 0.417. The Kier molecular flexibility index (Phi) is 8.89. The lowest BCUT2D eigenvalue weighted by molar-refractivity contribution is -0.116. The number of rotatable bonds is 9. The molecule has 3 rings (SSSR count). The van der Waals surface area contributed by atoms with Gasteiger partial charge in [0.1, 0.15) is 10.6 Å². The van der Waals surface area contributed by atoms with Crippen molar-refractivity contribution in [1.29, 1.82) is 0 Å². The summed E-state index contributed by atoms with van der Waals surface area (Å²) in [4.78, 5) is 26.2. The van der Waals surface area contributed by atoms with E-state index in [0.29, 0.717) is 25.3 Å². The number of methoxy groups -OCH3 is 1. The molecular formula is C24H32N4O5S. The van der Waals surface area contributed by atoms with Gasteiger partial charge in [-0.15, -0.1) is 0 Å². The molecule has 34 heavy (non-hydrogen) atoms. The summed E-state index contributed by atoms with van der Waals surface area (Å²) >= 11 is 0. The number of hydrogen-bond donors (Lipinski definition) is 2. The number of nitrogens with one attached hydrogen (secondary N) is 2. The average molecular weight is 489 g/mol. The first-order valence-corrected chi connectivity index (χ1v) is 12.8. The minimum Gasteiger partial charge on any atom is -0.495 e. The van der Waals surface area contributed by atoms with Gasteiger partial charge in [-0.3, -0.25) is 4.79 Å². The van der Waals surface area contributed by atoms with Crippen molar-refractivity contribution >= 4 is 27.6 Å². The van der Waals surface area contributed by atoms with Crippen molar-refractivity contribution in [1.82, 2.24) is 14.5 Å². The zero-order chi connectivity index (χ0) is 24.6. The van der Waals surface area contributed by atoms with E-state index in [1.807, 2.05) is 30.3 Å². The number of nitrogens with zero attached hydrogens (tertiary/aromatic N) is 2. The van der Waals surface area contributed by atoms with Crippen molar-refractivity contribution in [3.63, 3.8) is 0 Å². The molecule has 1 fully saturated rings. The van der Waals surface area contributed by atoms with E-state index < -0.39 is 10.0 Å². The molecule has 0 saturated carbocycles. The molecule has 0 aromatic heterocycles. The fourth-order valence-corrected chi connectivity index (χ4v) is 5.47. The van der Waals surface area contributed by atoms with E-state index in [0.717, 1.165) is 24.8 Å². The number of ether oxygens (including phenoxy) is 1. The first-order chi connectivity index (χ1) is 16.3. The summed E-state index contributed by atoms with van der Waals surface area (Å²) in [5, 5.41) is 5.43. The minimum atomic E-state index is -3.73. The summed E-state index contributed by atoms with van der Waals surface area (Å²) in [7, 11) is -0.631. The molecule has 1 saturated heterocycles. The molecule has 1 aliphatic rings. The number of hydrogen-bond acceptors (Lipinski definition) is 5. The zero-order valence-electron chi connectivity index (χ0n) is 19.6. The van der Waals surface area contributed by atoms with Crippen LogP contribution in [0.4, 0.5) is 10.5 Å². The summed E-state index contributed by atoms with van der Waals surface area (Å²) in [6.07, 6.45) is 2.71. The highest BCUT2D eigenvalue weighted by Crippen LogP contribution is 2.31. The Hall–Kier alpha value is -3.11. The van der Waals surface area contributed by atoms with Gasteiger partial charge in [-0.2, -0.15) is 4.31 Å². The molecule has 0 bridgehead atoms. The van der Waals surface area contributed by atoms with Gasteiger partial charge in [0.15, 0.2) is 0 Å². The lowest BCUT2D eigenvalue weighted by Gasteiger charge is -2.26. The van der Waals surface area contributed by atoms with Crippen LogP contribution in [0.1, 0.15) is 31.2 Å². The number of sulfonamides is 1. The minimum absolute atomic E-state index is 0.0329. The van der Waals surface area contributed by atoms with E-state index in [4.69, 9.17) is 4.74 Å². The van der Waals surface area contributed by atoms with Gasteiger partial charge >= 0.3 is 6.03 Å². The van der Waals surface area contributed by atoms with Gasteiger partial charge < -0.3 is 20.3 Å². The highest BCUT2D eigenvalue weighted by Gasteiger charge is 2.29. The first kappa shape index (κ1) is 25.5. The predicted octanol–water partition coefficient (Wildman–Crippen LogP) is 3.04. The molecule has 2 N–H and O–H groups in total. The Balaban J connectivity index is 1.55. The molecule has 1 aliphatic heterocycles. The van der Waals surface area contributed by atoms with Crippen LogP contribution in [-0.4, -0.2) is 63.4 Å². The van der Waals surface area contributed by atoms with E-state index >= 15 is 0 Å². The van der Waals surface area contributed by atoms with E-state index in [1.165, 1.54) is 28.4 Å². The fourth-order valence-electron chi connectivity index (χ4n) is 3.77. The SMILES string of the molecule is COc1ccc(NC(=O)CCNC(=O)N(C)Cc2ccccc2)cc1S(=O)(=O)N1CCCCC1. The summed E-state index contributed by atoms with van der Waals surface area (Å²) in [5.41, 5.74) is 1.36. The van der Waals surface area contributed by atoms with Crippen LogP contribution in [0.2, 0.25) is 0 Å². The lowest BCUT2D eigenvalue weighted by atomic mass is 10.2. The standard InChI is InChI=1S/C24H32N4O5S/c1-27(18-19-9-5-3-6-10-19)24(30)25-14-13-23(29)26-20-11-12-21(33-2)22(17-20)34(31,32)28-15-7-4-8-16-28/h3,5-6,9-12,17H,4,7-8,13-16,18H2,1-2H3,(H,25,30)(H,26,29). The molecular weight excluding hydrogens is 456 g/mol. The summed E-state index contributed by atoms with van der Waals surface area (Å²) in [6, 6.07) is 13.9. The summed E-state index contributed by atoms with van der Waals surface area (Å²) in [6.45, 7) is 1.55. The second-order valence-electron chi connectivity index (χ2n) is 8.20. The Morgan fingerprint density at radius 3 is 2.44 bits per heavy atom. The molecule has 0 unspecified atom stereocenters. The highest BCUT2D eigenvalue weighted by atomic mass is 32.2. The molecule has 2 aromatic carbocycles. The molecule has 184 valence electrons. The predicted molar refractivity (Wildman–Crippen MR) is 130 cm³/mol. The second kappa shape index (κ2) is 11.8. The van der Waals surface area contributed by atoms with Crippen molar-refractivity contribution in [3.05, 3.63) is 54.1 Å². The number of carbonyl (C=O) groups excluding carboxylic acids is 2. The van der Waals surface area contributed by atoms with Crippen molar-refractivity contribution in [3.8, 4) is 5.75 Å². The Morgan fingerprint density at radius 1 is 1.06 bits per heavy atom. The van der Waals surface area contributed by atoms with Gasteiger partial charge in [0.05, 0.1) is 7.11 Å². The summed E-state index contributed by atoms with van der Waals surface area (Å²) in [5.74, 6) is -0.102. The van der Waals surface area contributed by atoms with Crippen molar-refractivity contribution in [2.75, 3.05) is 39.1 Å². The number of amides is 3. The third-order valence-electron chi connectivity index (χ3n) is 5.62. The van der Waals surface area contributed by atoms with Crippen molar-refractivity contribution < 1.29 is 22.7 Å². The van der Waals surface area contributed by atoms with Crippen molar-refractivity contribution in [2.24, 2.45) is 0 Å². The zero-order valence-corrected chi connectivity index (χ0v) is 20.4. The number of urea groups is 1. The van der Waals surface area contributed by atoms with Crippen LogP contribution in [-0.2, 0) is 21.4 Å². The average Bonchev–Trinajstić information content (AvgIpc) is 2.85. The van der Waals surface area contributed by atoms with E-state index in [-0.39, 0.29) is 35.5 Å². The molecule has 2 aromatic rings. The smallest absolute Gasteiger partial charge is 0.317 e. The number of piperidine rings is 1. The largest absolute Gasteiger partial charge is 0.495 e. The molecule has 0 spiro atoms. The molecule has 0 radical (unpaired) electrons. The second-order valence-corrected chi connectivity index (χ2v) is 10.1. The maximum absolute atomic E-state index is 13.1. The van der Waals surface area contributed by atoms with Crippen LogP contribution in [0.15, 0.2) is 53.4 Å². The van der Waals surface area contributed by atoms with Gasteiger partial charge in [-0.05, 0) is 36.6 Å². The summed E-state index contributed by atoms with van der Waals surface area (Å²) < 4.78 is 33.0. The number of benzene rings is 2. The van der Waals surface area contributed by atoms with Gasteiger partial charge in [0, 0.05) is 45.3 Å². The molecule has 0 aliphatic carbocycles. The quantitative estimate of drug-likeness (QED) is 0.564. The van der Waals surface area contributed by atoms with E-state index in [9.17, 15) is 18.0 Å². The third-order valence-corrected chi connectivity index (χ3v) is 7.54. The molecule has 1 heterocycles. The highest BCUT2D eigenvalue weighted by molar-refractivity contribution is 7.89. The Morgan fingerprint density at radius 2 is 1.76 bits per heavy atom. The molecule has 9 nitrogen and oxygen atoms in total. The first-order valence-electron chi connectivity index (χ1n) is 11.3. The van der Waals surface area contributed by atoms with Crippen LogP contribution >= 0.6 is 0 Å². The third kappa shape index (κ3) is 6.71. The number of carbonyl (C=O) groups is 2. The van der Waals surface area contributed by atoms with Crippen LogP contribution in [0, 0.1) is 0 Å². The maximum atomic E-state index is 13.1. The molecule has 0 atom stereocenters. The normalized spacial score (nSPS) is 14.3. The van der Waals surface area contributed by atoms with Crippen LogP contribution in [0.25, 0.3) is 0 Å². The number of anilines is 1. The van der Waals surface area contributed by atoms with E-state index in [2.05, 4.69) is 10.6 Å². The molecule has 3 amide bonds. The van der Waals surface area contributed by atoms with Crippen LogP contribution in [0.5, 0.6) is 5.75 Å². The Labute approximate surface area is 201 Å². The maximum Gasteiger partial charge on any atom is 0.317 e. The topological polar surface area (TPSA) is 108 Å². The van der Waals surface area contributed by atoms with Gasteiger partial charge in [0.25, 0.3) is 0 Å². The van der Waals surface area contributed by atoms with Crippen LogP contribution < -0.4 is 15.4 Å². The van der Waals surface area contributed by atoms with Gasteiger partial charge in [-0.1, -0.05) is 36.8 Å². The molecule has 10 heteroatoms. The van der Waals surface area contributed by atoms with E-state index in [1.54, 1.807) is 13.1 Å². The van der Waals surface area contributed by atoms with Crippen molar-refractivity contribution in [2.45, 2.75) is 37.1 Å². The Bertz CT molecular complexity index is 1090. The lowest BCUT2D eigenvalue weighted by Crippen LogP contribution is -2.38. The van der Waals surface area contributed by atoms with Gasteiger partial charge in [0.2, 0.25) is 15.9 Å².